The van der Waals surface area contributed by atoms with Crippen LogP contribution in [-0.4, -0.2) is 30.1 Å². The van der Waals surface area contributed by atoms with Crippen molar-refractivity contribution < 1.29 is 4.74 Å². The molecule has 5 heteroatoms. The predicted molar refractivity (Wildman–Crippen MR) is 71.3 cm³/mol. The first kappa shape index (κ1) is 13.0. The summed E-state index contributed by atoms with van der Waals surface area (Å²) in [4.78, 5) is 4.25. The fourth-order valence-corrected chi connectivity index (χ4v) is 1.59. The molecule has 0 radical (unpaired) electrons. The van der Waals surface area contributed by atoms with Gasteiger partial charge in [0.1, 0.15) is 5.82 Å². The predicted octanol–water partition coefficient (Wildman–Crippen LogP) is 2.23. The van der Waals surface area contributed by atoms with Gasteiger partial charge in [0, 0.05) is 11.8 Å². The molecule has 0 aliphatic carbocycles. The molecule has 1 heterocycles. The highest BCUT2D eigenvalue weighted by Crippen LogP contribution is 2.20. The molecule has 0 saturated carbocycles. The Kier molecular flexibility index (Phi) is 5.25. The van der Waals surface area contributed by atoms with Crippen molar-refractivity contribution in [1.82, 2.24) is 4.98 Å². The first-order valence-electron chi connectivity index (χ1n) is 5.24. The third kappa shape index (κ3) is 3.81. The van der Waals surface area contributed by atoms with Crippen LogP contribution in [0.15, 0.2) is 12.1 Å². The van der Waals surface area contributed by atoms with Crippen molar-refractivity contribution in [2.75, 3.05) is 31.0 Å². The molecule has 0 aliphatic rings. The van der Waals surface area contributed by atoms with Crippen molar-refractivity contribution in [2.45, 2.75) is 18.6 Å². The van der Waals surface area contributed by atoms with E-state index >= 15 is 0 Å². The largest absolute Gasteiger partial charge is 0.479 e. The van der Waals surface area contributed by atoms with E-state index in [0.717, 1.165) is 18.8 Å². The van der Waals surface area contributed by atoms with Crippen LogP contribution >= 0.6 is 11.8 Å². The van der Waals surface area contributed by atoms with Crippen molar-refractivity contribution in [3.05, 3.63) is 12.1 Å². The van der Waals surface area contributed by atoms with E-state index in [1.807, 2.05) is 17.8 Å². The number of nitrogens with one attached hydrogen (secondary N) is 1. The summed E-state index contributed by atoms with van der Waals surface area (Å²) < 4.78 is 5.05. The van der Waals surface area contributed by atoms with Gasteiger partial charge in [-0.25, -0.2) is 0 Å². The lowest BCUT2D eigenvalue weighted by Gasteiger charge is -2.11. The number of thioether (sulfide) groups is 1. The first-order chi connectivity index (χ1) is 7.67. The lowest BCUT2D eigenvalue weighted by molar-refractivity contribution is 0.401. The minimum atomic E-state index is 0.475. The number of nitrogens with zero attached hydrogens (tertiary/aromatic N) is 1. The number of pyridine rings is 1. The number of methoxy groups -OCH3 is 1. The van der Waals surface area contributed by atoms with Crippen molar-refractivity contribution in [2.24, 2.45) is 0 Å². The van der Waals surface area contributed by atoms with Gasteiger partial charge < -0.3 is 15.8 Å². The van der Waals surface area contributed by atoms with E-state index in [1.165, 1.54) is 0 Å². The van der Waals surface area contributed by atoms with Crippen LogP contribution in [-0.2, 0) is 0 Å². The van der Waals surface area contributed by atoms with Crippen LogP contribution in [0.3, 0.4) is 0 Å². The third-order valence-corrected chi connectivity index (χ3v) is 3.38. The number of rotatable bonds is 6. The molecule has 16 heavy (non-hydrogen) atoms. The molecule has 0 bridgehead atoms. The Labute approximate surface area is 101 Å². The molecule has 90 valence electrons. The molecule has 1 atom stereocenters. The molecule has 0 spiro atoms. The quantitative estimate of drug-likeness (QED) is 0.799. The fraction of sp³-hybridized carbons (Fsp3) is 0.545. The van der Waals surface area contributed by atoms with Crippen LogP contribution in [0.1, 0.15) is 13.3 Å². The zero-order valence-corrected chi connectivity index (χ0v) is 10.8. The molecule has 0 aromatic carbocycles. The normalized spacial score (nSPS) is 12.2. The minimum Gasteiger partial charge on any atom is -0.479 e. The van der Waals surface area contributed by atoms with E-state index in [9.17, 15) is 0 Å². The Balaban J connectivity index is 2.48. The molecule has 1 unspecified atom stereocenters. The van der Waals surface area contributed by atoms with Crippen LogP contribution in [0, 0.1) is 0 Å². The number of hydrogen-bond acceptors (Lipinski definition) is 5. The number of aromatic nitrogens is 1. The molecular formula is C11H19N3OS. The Morgan fingerprint density at radius 1 is 1.56 bits per heavy atom. The average molecular weight is 241 g/mol. The monoisotopic (exact) mass is 241 g/mol. The molecule has 1 rings (SSSR count). The van der Waals surface area contributed by atoms with Gasteiger partial charge in [0.25, 0.3) is 0 Å². The minimum absolute atomic E-state index is 0.475. The fourth-order valence-electron chi connectivity index (χ4n) is 1.23. The van der Waals surface area contributed by atoms with Gasteiger partial charge in [-0.15, -0.1) is 0 Å². The summed E-state index contributed by atoms with van der Waals surface area (Å²) in [5, 5.41) is 3.91. The zero-order valence-electron chi connectivity index (χ0n) is 9.99. The molecular weight excluding hydrogens is 222 g/mol. The Bertz CT molecular complexity index is 333. The van der Waals surface area contributed by atoms with E-state index in [2.05, 4.69) is 23.5 Å². The molecule has 0 amide bonds. The Morgan fingerprint density at radius 2 is 2.31 bits per heavy atom. The van der Waals surface area contributed by atoms with Gasteiger partial charge in [-0.1, -0.05) is 6.92 Å². The van der Waals surface area contributed by atoms with Gasteiger partial charge in [-0.05, 0) is 24.8 Å². The van der Waals surface area contributed by atoms with E-state index in [1.54, 1.807) is 13.2 Å². The highest BCUT2D eigenvalue weighted by atomic mass is 32.2. The summed E-state index contributed by atoms with van der Waals surface area (Å²) in [5.41, 5.74) is 6.24. The number of hydrogen-bond donors (Lipinski definition) is 2. The first-order valence-corrected chi connectivity index (χ1v) is 6.53. The van der Waals surface area contributed by atoms with Crippen LogP contribution in [0.4, 0.5) is 11.5 Å². The Morgan fingerprint density at radius 3 is 2.94 bits per heavy atom. The SMILES string of the molecule is COc1nc(NCCC(C)SC)ccc1N. The number of anilines is 2. The maximum atomic E-state index is 5.68. The maximum Gasteiger partial charge on any atom is 0.238 e. The summed E-state index contributed by atoms with van der Waals surface area (Å²) >= 11 is 1.86. The molecule has 0 fully saturated rings. The van der Waals surface area contributed by atoms with Gasteiger partial charge in [0.05, 0.1) is 12.8 Å². The number of nitrogen functional groups attached to an aromatic ring is 1. The lowest BCUT2D eigenvalue weighted by Crippen LogP contribution is -2.09. The highest BCUT2D eigenvalue weighted by Gasteiger charge is 2.03. The summed E-state index contributed by atoms with van der Waals surface area (Å²) in [7, 11) is 1.57. The molecule has 1 aromatic rings. The van der Waals surface area contributed by atoms with Gasteiger partial charge in [0.15, 0.2) is 0 Å². The molecule has 0 aliphatic heterocycles. The van der Waals surface area contributed by atoms with E-state index in [-0.39, 0.29) is 0 Å². The topological polar surface area (TPSA) is 60.2 Å². The van der Waals surface area contributed by atoms with E-state index in [4.69, 9.17) is 10.5 Å². The van der Waals surface area contributed by atoms with Crippen molar-refractivity contribution >= 4 is 23.3 Å². The second-order valence-corrected chi connectivity index (χ2v) is 4.83. The summed E-state index contributed by atoms with van der Waals surface area (Å²) in [6.45, 7) is 3.12. The number of ether oxygens (including phenoxy) is 1. The van der Waals surface area contributed by atoms with Crippen LogP contribution in [0.2, 0.25) is 0 Å². The average Bonchev–Trinajstić information content (AvgIpc) is 2.31. The van der Waals surface area contributed by atoms with Gasteiger partial charge >= 0.3 is 0 Å². The Hall–Kier alpha value is -1.10. The van der Waals surface area contributed by atoms with Crippen molar-refractivity contribution in [1.29, 1.82) is 0 Å². The smallest absolute Gasteiger partial charge is 0.238 e. The third-order valence-electron chi connectivity index (χ3n) is 2.34. The van der Waals surface area contributed by atoms with Gasteiger partial charge in [0.2, 0.25) is 5.88 Å². The lowest BCUT2D eigenvalue weighted by atomic mass is 10.3. The molecule has 1 aromatic heterocycles. The number of nitrogens with two attached hydrogens (primary N) is 1. The van der Waals surface area contributed by atoms with Crippen molar-refractivity contribution in [3.63, 3.8) is 0 Å². The van der Waals surface area contributed by atoms with Crippen molar-refractivity contribution in [3.8, 4) is 5.88 Å². The van der Waals surface area contributed by atoms with E-state index in [0.29, 0.717) is 16.8 Å². The second-order valence-electron chi connectivity index (χ2n) is 3.56. The van der Waals surface area contributed by atoms with E-state index < -0.39 is 0 Å². The van der Waals surface area contributed by atoms with Crippen LogP contribution in [0.25, 0.3) is 0 Å². The highest BCUT2D eigenvalue weighted by molar-refractivity contribution is 7.99. The summed E-state index contributed by atoms with van der Waals surface area (Å²) in [6.07, 6.45) is 3.23. The summed E-state index contributed by atoms with van der Waals surface area (Å²) in [6, 6.07) is 3.66. The molecule has 0 saturated heterocycles. The second kappa shape index (κ2) is 6.48. The van der Waals surface area contributed by atoms with Crippen LogP contribution in [0.5, 0.6) is 5.88 Å². The van der Waals surface area contributed by atoms with Gasteiger partial charge in [-0.2, -0.15) is 16.7 Å². The molecule has 3 N–H and O–H groups in total. The summed E-state index contributed by atoms with van der Waals surface area (Å²) in [5.74, 6) is 1.28. The maximum absolute atomic E-state index is 5.68. The van der Waals surface area contributed by atoms with Gasteiger partial charge in [-0.3, -0.25) is 0 Å². The zero-order chi connectivity index (χ0) is 12.0. The standard InChI is InChI=1S/C11H19N3OS/c1-8(16-3)6-7-13-10-5-4-9(12)11(14-10)15-2/h4-5,8H,6-7,12H2,1-3H3,(H,13,14). The van der Waals surface area contributed by atoms with Crippen LogP contribution < -0.4 is 15.8 Å². The molecule has 4 nitrogen and oxygen atoms in total.